The summed E-state index contributed by atoms with van der Waals surface area (Å²) in [6.45, 7) is 53.2. The molecule has 4 fully saturated rings. The standard InChI is InChI=1S/C49H80O11P4S2.C32H53O5PS.C18H27O4P.CH3I.CH4.O2S/c1-12-37(59-64(62)63)27-47-48(55-11)43(29-65(51,52)40-18-14-13-15-19-40)46(58-47)28-44(50)35(10)33(8)23-39(20-21-45-34(9)24-38(57-45)17-16-22-56-61)60-66(53,54)49-41(31(4)5)25-36(30(2)3)26-42(49)32(6)7;1-20(2)24(9)16-28(13-14-31-25(10)17-27(36-31)12-11-15-35-38)37-39(33,34)32-29(22(5)6)18-26(21(3)4)19-30(32)23(7)8;1-3-14(22-23)12-17-18(20-2)15(16(21-17)9-10-19)11-13-7-5-4-6-8-13;1-2;;1-3-2/h13-15,18-19,25-26,30-33,37-39,43-48,50H,9-10,12,16-17,20-24,27-29,61-63H2,1-8,11H3;18-19,21-24,27-28,31H,1,10-17,38H2,2-9H3;4-8,10,14-18H,3,9,11-12,23H2,1-2H3;1H3;1H4;/t33-,37-,38+,39-,43+,44-,45?,46?,47-,48-;24-,27+,28-,31+;14-,15+,16+,17-,18-;;;/m111.../s1. The van der Waals surface area contributed by atoms with Gasteiger partial charge in [0.2, 0.25) is 0 Å². The highest BCUT2D eigenvalue weighted by molar-refractivity contribution is 14.1. The summed E-state index contributed by atoms with van der Waals surface area (Å²) in [5, 5.41) is 12.0. The van der Waals surface area contributed by atoms with E-state index in [9.17, 15) is 35.2 Å². The van der Waals surface area contributed by atoms with Gasteiger partial charge in [0.1, 0.15) is 16.1 Å². The molecule has 24 atom stereocenters. The number of methoxy groups -OCH3 is 2. The van der Waals surface area contributed by atoms with Gasteiger partial charge >= 0.3 is 11.6 Å². The zero-order chi connectivity index (χ0) is 99.9. The van der Waals surface area contributed by atoms with Crippen molar-refractivity contribution in [3.05, 3.63) is 172 Å². The SMILES string of the molecule is C.C=C(C)[C@H](C)C[C@@H](CC[C@@H]1O[C@@H](CCCOP)CC1=C)OS(=O)(=O)c1c(C(C)C)cc(C(C)C)cc1C(C)C.C=C1C[C@H](CCCOP)OC1CC[C@H](C[C@@H](C)C(=C)[C@H](O)CC1O[C@H](C[C@@H](CC)OP(P)P)[C@H](OC)[C@H]1CS(=O)(=O)c1ccccc1)OS(=O)(=O)c1c(C(C)C)cc(C(C)C)cc1C(C)C.CC[C@H](C[C@H]1O[C@@H](CC=O)[C@H](Cc2ccccc2)[C@H]1OC)OP.CI.O=S=O. The van der Waals surface area contributed by atoms with E-state index < -0.39 is 97.6 Å². The molecule has 0 aromatic heterocycles. The molecule has 0 saturated carbocycles. The second-order valence-corrected chi connectivity index (χ2v) is 49.6. The van der Waals surface area contributed by atoms with E-state index in [4.69, 9.17) is 63.3 Å². The van der Waals surface area contributed by atoms with Gasteiger partial charge in [0, 0.05) is 80.1 Å². The van der Waals surface area contributed by atoms with Gasteiger partial charge in [0.05, 0.1) is 123 Å². The van der Waals surface area contributed by atoms with Crippen LogP contribution in [0.15, 0.2) is 148 Å². The minimum Gasteiger partial charge on any atom is -0.389 e. The summed E-state index contributed by atoms with van der Waals surface area (Å²) < 4.78 is 174. The van der Waals surface area contributed by atoms with Crippen molar-refractivity contribution in [1.82, 2.24) is 0 Å². The lowest BCUT2D eigenvalue weighted by molar-refractivity contribution is -0.111. The summed E-state index contributed by atoms with van der Waals surface area (Å²) in [4.78, 5) is 13.8. The van der Waals surface area contributed by atoms with Crippen LogP contribution in [0.2, 0.25) is 0 Å². The molecule has 0 amide bonds. The van der Waals surface area contributed by atoms with Crippen molar-refractivity contribution in [2.24, 2.45) is 23.7 Å². The molecular weight excluding hydrogens is 2010 g/mol. The fraction of sp³-hybridized carbons (Fsp3) is 0.673. The average molecular weight is 2170 g/mol. The van der Waals surface area contributed by atoms with Gasteiger partial charge in [0.15, 0.2) is 9.84 Å². The van der Waals surface area contributed by atoms with Crippen molar-refractivity contribution < 1.29 is 98.5 Å². The first-order valence-corrected chi connectivity index (χ1v) is 60.3. The van der Waals surface area contributed by atoms with E-state index in [-0.39, 0.29) is 132 Å². The average Bonchev–Trinajstić information content (AvgIpc) is 1.05. The Morgan fingerprint density at radius 1 is 0.560 bits per heavy atom. The van der Waals surface area contributed by atoms with E-state index >= 15 is 0 Å². The van der Waals surface area contributed by atoms with Gasteiger partial charge in [-0.25, -0.2) is 8.42 Å². The number of ether oxygens (including phenoxy) is 6. The van der Waals surface area contributed by atoms with Crippen LogP contribution in [0.3, 0.4) is 0 Å². The number of alkyl halides is 1. The van der Waals surface area contributed by atoms with Crippen LogP contribution in [0.1, 0.15) is 315 Å². The van der Waals surface area contributed by atoms with Gasteiger partial charge in [-0.05, 0) is 223 Å². The van der Waals surface area contributed by atoms with Crippen molar-refractivity contribution in [1.29, 1.82) is 0 Å². The molecule has 134 heavy (non-hydrogen) atoms. The summed E-state index contributed by atoms with van der Waals surface area (Å²) in [5.41, 5.74) is 10.2. The highest BCUT2D eigenvalue weighted by Gasteiger charge is 2.50. The fourth-order valence-electron chi connectivity index (χ4n) is 18.0. The first-order chi connectivity index (χ1) is 62.8. The van der Waals surface area contributed by atoms with Crippen LogP contribution in [-0.4, -0.2) is 175 Å². The van der Waals surface area contributed by atoms with Gasteiger partial charge in [-0.15, -0.1) is 0 Å². The van der Waals surface area contributed by atoms with Crippen LogP contribution in [0.25, 0.3) is 0 Å². The minimum absolute atomic E-state index is 0. The van der Waals surface area contributed by atoms with Crippen molar-refractivity contribution in [3.63, 3.8) is 0 Å². The molecule has 7 unspecified atom stereocenters. The molecule has 4 saturated heterocycles. The number of carbonyl (C=O) groups excluding carboxylic acids is 1. The summed E-state index contributed by atoms with van der Waals surface area (Å²) in [6, 6.07) is 26.8. The largest absolute Gasteiger partial charge is 0.389 e. The highest BCUT2D eigenvalue weighted by Crippen LogP contribution is 2.56. The van der Waals surface area contributed by atoms with E-state index in [0.717, 1.165) is 121 Å². The van der Waals surface area contributed by atoms with E-state index in [1.165, 1.54) is 5.56 Å². The summed E-state index contributed by atoms with van der Waals surface area (Å²) in [6.07, 6.45) is 8.68. The number of sulfone groups is 1. The Kier molecular flexibility index (Phi) is 60.2. The smallest absolute Gasteiger partial charge is 0.335 e. The first-order valence-electron chi connectivity index (χ1n) is 47.1. The molecule has 0 aliphatic carbocycles. The zero-order valence-corrected chi connectivity index (χ0v) is 94.9. The van der Waals surface area contributed by atoms with Gasteiger partial charge in [-0.3, -0.25) is 8.37 Å². The second kappa shape index (κ2) is 64.0. The Bertz CT molecular complexity index is 4480. The Morgan fingerprint density at radius 3 is 1.32 bits per heavy atom. The molecular formula is C101H167IO22P6S4. The third kappa shape index (κ3) is 40.2. The van der Waals surface area contributed by atoms with Crippen molar-refractivity contribution in [3.8, 4) is 0 Å². The molecule has 4 aliphatic rings. The Hall–Kier alpha value is -2.03. The maximum Gasteiger partial charge on any atom is 0.335 e. The quantitative estimate of drug-likeness (QED) is 0.00817. The summed E-state index contributed by atoms with van der Waals surface area (Å²) >= 11 is 1.40. The number of rotatable bonds is 53. The van der Waals surface area contributed by atoms with Crippen LogP contribution < -0.4 is 0 Å². The molecule has 1 N–H and O–H groups in total. The van der Waals surface area contributed by atoms with Crippen LogP contribution >= 0.6 is 76.4 Å². The normalized spacial score (nSPS) is 22.5. The number of halogens is 1. The van der Waals surface area contributed by atoms with Gasteiger partial charge < -0.3 is 56.4 Å². The monoisotopic (exact) mass is 2170 g/mol. The molecule has 22 nitrogen and oxygen atoms in total. The van der Waals surface area contributed by atoms with Crippen LogP contribution in [0, 0.1) is 23.7 Å². The third-order valence-corrected chi connectivity index (χ3v) is 32.7. The molecule has 0 spiro atoms. The fourth-order valence-corrected chi connectivity index (χ4v) is 25.5. The Labute approximate surface area is 839 Å². The van der Waals surface area contributed by atoms with E-state index in [0.29, 0.717) is 74.5 Å². The van der Waals surface area contributed by atoms with Crippen molar-refractivity contribution >= 4 is 124 Å². The zero-order valence-electron chi connectivity index (χ0n) is 82.8. The molecule has 4 aromatic carbocycles. The number of hydrogen-bond acceptors (Lipinski definition) is 22. The molecule has 8 rings (SSSR count). The molecule has 0 radical (unpaired) electrons. The van der Waals surface area contributed by atoms with E-state index in [1.807, 2.05) is 111 Å². The number of aliphatic hydroxyl groups excluding tert-OH is 1. The minimum atomic E-state index is -4.31. The highest BCUT2D eigenvalue weighted by atomic mass is 127. The first kappa shape index (κ1) is 126. The van der Waals surface area contributed by atoms with Gasteiger partial charge in [-0.2, -0.15) is 25.3 Å². The van der Waals surface area contributed by atoms with Gasteiger partial charge in [0.25, 0.3) is 20.2 Å². The lowest BCUT2D eigenvalue weighted by Gasteiger charge is -2.29. The Morgan fingerprint density at radius 2 is 0.955 bits per heavy atom. The maximum atomic E-state index is 14.8. The molecule has 4 heterocycles. The maximum absolute atomic E-state index is 14.8. The number of aliphatic hydroxyl groups is 1. The number of carbonyl (C=O) groups is 1. The Balaban J connectivity index is 0.000000569. The van der Waals surface area contributed by atoms with Crippen LogP contribution in [0.4, 0.5) is 0 Å². The van der Waals surface area contributed by atoms with E-state index in [2.05, 4.69) is 161 Å². The third-order valence-electron chi connectivity index (χ3n) is 25.8. The lowest BCUT2D eigenvalue weighted by Crippen LogP contribution is -2.37. The van der Waals surface area contributed by atoms with Crippen LogP contribution in [0.5, 0.6) is 0 Å². The van der Waals surface area contributed by atoms with Crippen LogP contribution in [-0.2, 0) is 108 Å². The number of aldehydes is 1. The predicted octanol–water partition coefficient (Wildman–Crippen LogP) is 24.6. The molecule has 764 valence electrons. The van der Waals surface area contributed by atoms with Crippen molar-refractivity contribution in [2.45, 2.75) is 389 Å². The molecule has 4 aliphatic heterocycles. The van der Waals surface area contributed by atoms with E-state index in [1.54, 1.807) is 44.6 Å². The number of benzene rings is 4. The second-order valence-electron chi connectivity index (χ2n) is 37.7. The molecule has 0 bridgehead atoms. The molecule has 33 heteroatoms. The lowest BCUT2D eigenvalue weighted by atomic mass is 9.86. The molecule has 4 aromatic rings. The summed E-state index contributed by atoms with van der Waals surface area (Å²) in [5.74, 6) is -0.509. The number of hydrogen-bond donors (Lipinski definition) is 1. The summed E-state index contributed by atoms with van der Waals surface area (Å²) in [7, 11) is 2.63. The predicted molar refractivity (Wildman–Crippen MR) is 573 cm³/mol. The number of allylic oxidation sites excluding steroid dienone is 1. The van der Waals surface area contributed by atoms with Crippen molar-refractivity contribution in [2.75, 3.05) is 38.1 Å². The van der Waals surface area contributed by atoms with Gasteiger partial charge in [-0.1, -0.05) is 263 Å². The topological polar surface area (TPSA) is 285 Å².